The molecule has 2 N–H and O–H groups in total. The average molecular weight is 486 g/mol. The predicted molar refractivity (Wildman–Crippen MR) is 127 cm³/mol. The SMILES string of the molecule is CCOc1ccc(NS(=O)(=O)c2cc(NC(=O)c3ccc(C)c([N+](=O)[O-])c3)ccc2OC)cc1. The zero-order valence-electron chi connectivity index (χ0n) is 18.7. The first-order valence-electron chi connectivity index (χ1n) is 10.1. The molecule has 0 aliphatic carbocycles. The number of ether oxygens (including phenoxy) is 2. The van der Waals surface area contributed by atoms with Crippen LogP contribution >= 0.6 is 0 Å². The van der Waals surface area contributed by atoms with Crippen LogP contribution in [0.3, 0.4) is 0 Å². The maximum absolute atomic E-state index is 13.0. The lowest BCUT2D eigenvalue weighted by Crippen LogP contribution is -2.16. The molecule has 0 atom stereocenters. The Morgan fingerprint density at radius 1 is 1.03 bits per heavy atom. The quantitative estimate of drug-likeness (QED) is 0.339. The van der Waals surface area contributed by atoms with Crippen molar-refractivity contribution in [1.29, 1.82) is 0 Å². The van der Waals surface area contributed by atoms with E-state index in [1.165, 1.54) is 43.5 Å². The van der Waals surface area contributed by atoms with Crippen LogP contribution < -0.4 is 19.5 Å². The summed E-state index contributed by atoms with van der Waals surface area (Å²) in [6.45, 7) is 3.89. The molecule has 34 heavy (non-hydrogen) atoms. The maximum Gasteiger partial charge on any atom is 0.273 e. The van der Waals surface area contributed by atoms with Gasteiger partial charge in [-0.25, -0.2) is 8.42 Å². The van der Waals surface area contributed by atoms with Crippen molar-refractivity contribution in [3.8, 4) is 11.5 Å². The lowest BCUT2D eigenvalue weighted by Gasteiger charge is -2.14. The van der Waals surface area contributed by atoms with Crippen molar-refractivity contribution < 1.29 is 27.6 Å². The third-order valence-electron chi connectivity index (χ3n) is 4.80. The van der Waals surface area contributed by atoms with Crippen molar-refractivity contribution in [2.45, 2.75) is 18.7 Å². The fourth-order valence-electron chi connectivity index (χ4n) is 3.11. The second kappa shape index (κ2) is 10.2. The second-order valence-electron chi connectivity index (χ2n) is 7.14. The third-order valence-corrected chi connectivity index (χ3v) is 6.20. The molecule has 11 heteroatoms. The summed E-state index contributed by atoms with van der Waals surface area (Å²) in [5, 5.41) is 13.7. The zero-order chi connectivity index (χ0) is 24.9. The average Bonchev–Trinajstić information content (AvgIpc) is 2.80. The third kappa shape index (κ3) is 5.62. The topological polar surface area (TPSA) is 137 Å². The molecule has 0 spiro atoms. The maximum atomic E-state index is 13.0. The first kappa shape index (κ1) is 24.5. The number of methoxy groups -OCH3 is 1. The number of rotatable bonds is 9. The van der Waals surface area contributed by atoms with Gasteiger partial charge in [0.15, 0.2) is 0 Å². The molecule has 0 aliphatic rings. The van der Waals surface area contributed by atoms with Gasteiger partial charge in [0.05, 0.1) is 18.6 Å². The summed E-state index contributed by atoms with van der Waals surface area (Å²) in [7, 11) is -2.76. The number of nitro benzene ring substituents is 1. The van der Waals surface area contributed by atoms with Gasteiger partial charge in [0.2, 0.25) is 0 Å². The van der Waals surface area contributed by atoms with Gasteiger partial charge in [-0.05, 0) is 62.4 Å². The Kier molecular flexibility index (Phi) is 7.37. The van der Waals surface area contributed by atoms with Crippen LogP contribution in [0.2, 0.25) is 0 Å². The molecule has 1 amide bonds. The van der Waals surface area contributed by atoms with E-state index in [2.05, 4.69) is 10.0 Å². The number of hydrogen-bond acceptors (Lipinski definition) is 7. The molecular formula is C23H23N3O7S. The summed E-state index contributed by atoms with van der Waals surface area (Å²) in [6.07, 6.45) is 0. The van der Waals surface area contributed by atoms with Gasteiger partial charge >= 0.3 is 0 Å². The fourth-order valence-corrected chi connectivity index (χ4v) is 4.37. The molecule has 0 saturated carbocycles. The van der Waals surface area contributed by atoms with Gasteiger partial charge < -0.3 is 14.8 Å². The van der Waals surface area contributed by atoms with Crippen LogP contribution in [0, 0.1) is 17.0 Å². The summed E-state index contributed by atoms with van der Waals surface area (Å²) in [5.41, 5.74) is 0.767. The first-order valence-corrected chi connectivity index (χ1v) is 11.6. The number of carbonyl (C=O) groups is 1. The first-order chi connectivity index (χ1) is 16.1. The smallest absolute Gasteiger partial charge is 0.273 e. The minimum atomic E-state index is -4.08. The number of aryl methyl sites for hydroxylation is 1. The monoisotopic (exact) mass is 485 g/mol. The highest BCUT2D eigenvalue weighted by Gasteiger charge is 2.22. The number of nitrogens with one attached hydrogen (secondary N) is 2. The van der Waals surface area contributed by atoms with Crippen LogP contribution in [-0.2, 0) is 10.0 Å². The Bertz CT molecular complexity index is 1320. The Labute approximate surface area is 196 Å². The van der Waals surface area contributed by atoms with Gasteiger partial charge in [0.25, 0.3) is 21.6 Å². The molecule has 0 aromatic heterocycles. The normalized spacial score (nSPS) is 10.9. The van der Waals surface area contributed by atoms with Gasteiger partial charge in [0, 0.05) is 28.6 Å². The lowest BCUT2D eigenvalue weighted by molar-refractivity contribution is -0.385. The molecule has 0 saturated heterocycles. The minimum absolute atomic E-state index is 0.0602. The number of nitro groups is 1. The molecule has 0 fully saturated rings. The molecule has 10 nitrogen and oxygen atoms in total. The largest absolute Gasteiger partial charge is 0.495 e. The Morgan fingerprint density at radius 2 is 1.71 bits per heavy atom. The molecule has 0 heterocycles. The van der Waals surface area contributed by atoms with Crippen LogP contribution in [0.15, 0.2) is 65.6 Å². The number of nitrogens with zero attached hydrogens (tertiary/aromatic N) is 1. The highest BCUT2D eigenvalue weighted by atomic mass is 32.2. The van der Waals surface area contributed by atoms with E-state index in [0.717, 1.165) is 0 Å². The van der Waals surface area contributed by atoms with E-state index in [1.54, 1.807) is 31.2 Å². The van der Waals surface area contributed by atoms with E-state index in [9.17, 15) is 23.3 Å². The molecule has 0 unspecified atom stereocenters. The van der Waals surface area contributed by atoms with E-state index in [0.29, 0.717) is 23.6 Å². The second-order valence-corrected chi connectivity index (χ2v) is 8.79. The minimum Gasteiger partial charge on any atom is -0.495 e. The van der Waals surface area contributed by atoms with Crippen molar-refractivity contribution >= 4 is 33.0 Å². The highest BCUT2D eigenvalue weighted by Crippen LogP contribution is 2.30. The van der Waals surface area contributed by atoms with Gasteiger partial charge in [-0.2, -0.15) is 0 Å². The number of amides is 1. The zero-order valence-corrected chi connectivity index (χ0v) is 19.5. The number of sulfonamides is 1. The number of carbonyl (C=O) groups excluding carboxylic acids is 1. The summed E-state index contributed by atoms with van der Waals surface area (Å²) < 4.78 is 39.1. The standard InChI is InChI=1S/C23H23N3O7S/c1-4-33-19-10-7-17(8-11-19)25-34(30,31)22-14-18(9-12-21(22)32-3)24-23(27)16-6-5-15(2)20(13-16)26(28)29/h5-14,25H,4H2,1-3H3,(H,24,27). The van der Waals surface area contributed by atoms with E-state index in [4.69, 9.17) is 9.47 Å². The van der Waals surface area contributed by atoms with Crippen molar-refractivity contribution in [2.75, 3.05) is 23.8 Å². The summed E-state index contributed by atoms with van der Waals surface area (Å²) in [6, 6.07) is 14.6. The van der Waals surface area contributed by atoms with Crippen molar-refractivity contribution in [3.63, 3.8) is 0 Å². The van der Waals surface area contributed by atoms with Gasteiger partial charge in [-0.1, -0.05) is 6.07 Å². The van der Waals surface area contributed by atoms with Crippen molar-refractivity contribution in [2.24, 2.45) is 0 Å². The van der Waals surface area contributed by atoms with Gasteiger partial charge in [0.1, 0.15) is 16.4 Å². The van der Waals surface area contributed by atoms with Crippen molar-refractivity contribution in [1.82, 2.24) is 0 Å². The van der Waals surface area contributed by atoms with Crippen LogP contribution in [0.4, 0.5) is 17.1 Å². The van der Waals surface area contributed by atoms with E-state index < -0.39 is 20.9 Å². The molecule has 0 radical (unpaired) electrons. The Morgan fingerprint density at radius 3 is 2.32 bits per heavy atom. The van der Waals surface area contributed by atoms with Crippen LogP contribution in [0.25, 0.3) is 0 Å². The fraction of sp³-hybridized carbons (Fsp3) is 0.174. The molecular weight excluding hydrogens is 462 g/mol. The van der Waals surface area contributed by atoms with Crippen LogP contribution in [-0.4, -0.2) is 33.0 Å². The summed E-state index contributed by atoms with van der Waals surface area (Å²) >= 11 is 0. The molecule has 3 aromatic rings. The number of anilines is 2. The molecule has 3 aromatic carbocycles. The molecule has 0 bridgehead atoms. The number of benzene rings is 3. The van der Waals surface area contributed by atoms with Crippen molar-refractivity contribution in [3.05, 3.63) is 81.9 Å². The summed E-state index contributed by atoms with van der Waals surface area (Å²) in [5.74, 6) is 0.0441. The molecule has 3 rings (SSSR count). The Balaban J connectivity index is 1.87. The van der Waals surface area contributed by atoms with E-state index in [1.807, 2.05) is 6.92 Å². The lowest BCUT2D eigenvalue weighted by atomic mass is 10.1. The molecule has 178 valence electrons. The van der Waals surface area contributed by atoms with E-state index in [-0.39, 0.29) is 27.6 Å². The van der Waals surface area contributed by atoms with E-state index >= 15 is 0 Å². The van der Waals surface area contributed by atoms with Gasteiger partial charge in [-0.3, -0.25) is 19.6 Å². The Hall–Kier alpha value is -4.12. The highest BCUT2D eigenvalue weighted by molar-refractivity contribution is 7.92. The summed E-state index contributed by atoms with van der Waals surface area (Å²) in [4.78, 5) is 23.0. The predicted octanol–water partition coefficient (Wildman–Crippen LogP) is 4.36. The van der Waals surface area contributed by atoms with Gasteiger partial charge in [-0.15, -0.1) is 0 Å². The van der Waals surface area contributed by atoms with Crippen LogP contribution in [0.5, 0.6) is 11.5 Å². The molecule has 0 aliphatic heterocycles. The number of hydrogen-bond donors (Lipinski definition) is 2. The van der Waals surface area contributed by atoms with Crippen LogP contribution in [0.1, 0.15) is 22.8 Å².